The van der Waals surface area contributed by atoms with Crippen molar-refractivity contribution in [3.05, 3.63) is 27.9 Å². The topological polar surface area (TPSA) is 71.8 Å². The monoisotopic (exact) mass is 377 g/mol. The highest BCUT2D eigenvalue weighted by molar-refractivity contribution is 8.18. The number of carbonyl (C=O) groups is 3. The van der Waals surface area contributed by atoms with Gasteiger partial charge in [0.1, 0.15) is 6.54 Å². The fourth-order valence-electron chi connectivity index (χ4n) is 3.29. The highest BCUT2D eigenvalue weighted by Gasteiger charge is 2.37. The Bertz CT molecular complexity index is 778. The van der Waals surface area contributed by atoms with Crippen molar-refractivity contribution >= 4 is 34.9 Å². The van der Waals surface area contributed by atoms with Gasteiger partial charge in [0.15, 0.2) is 0 Å². The molecule has 2 fully saturated rings. The molecule has 0 aromatic carbocycles. The van der Waals surface area contributed by atoms with Crippen molar-refractivity contribution in [1.82, 2.24) is 14.4 Å². The molecule has 2 aliphatic heterocycles. The second-order valence-corrected chi connectivity index (χ2v) is 7.32. The molecule has 0 saturated carbocycles. The molecule has 1 aromatic heterocycles. The van der Waals surface area contributed by atoms with Crippen LogP contribution in [0.1, 0.15) is 23.9 Å². The van der Waals surface area contributed by atoms with E-state index in [1.54, 1.807) is 11.0 Å². The average Bonchev–Trinajstić information content (AvgIpc) is 3.05. The van der Waals surface area contributed by atoms with Gasteiger partial charge in [0, 0.05) is 31.0 Å². The lowest BCUT2D eigenvalue weighted by molar-refractivity contribution is -0.139. The molecule has 7 nitrogen and oxygen atoms in total. The zero-order valence-corrected chi connectivity index (χ0v) is 16.1. The third kappa shape index (κ3) is 3.57. The number of aryl methyl sites for hydroxylation is 1. The lowest BCUT2D eigenvalue weighted by atomic mass is 10.2. The molecule has 0 atom stereocenters. The highest BCUT2D eigenvalue weighted by Crippen LogP contribution is 2.33. The summed E-state index contributed by atoms with van der Waals surface area (Å²) in [5.41, 5.74) is 3.09. The van der Waals surface area contributed by atoms with E-state index in [2.05, 4.69) is 11.5 Å². The first-order valence-electron chi connectivity index (χ1n) is 8.70. The summed E-state index contributed by atoms with van der Waals surface area (Å²) in [6, 6.07) is 2.01. The Balaban J connectivity index is 1.75. The highest BCUT2D eigenvalue weighted by atomic mass is 32.2. The Labute approximate surface area is 156 Å². The summed E-state index contributed by atoms with van der Waals surface area (Å²) in [6.45, 7) is 8.67. The summed E-state index contributed by atoms with van der Waals surface area (Å²) in [5, 5.41) is -0.396. The first-order valence-corrected chi connectivity index (χ1v) is 9.51. The van der Waals surface area contributed by atoms with Crippen LogP contribution in [-0.4, -0.2) is 64.3 Å². The Morgan fingerprint density at radius 3 is 2.58 bits per heavy atom. The number of ether oxygens (including phenoxy) is 1. The average molecular weight is 377 g/mol. The van der Waals surface area contributed by atoms with Crippen LogP contribution < -0.4 is 0 Å². The van der Waals surface area contributed by atoms with Crippen molar-refractivity contribution in [1.29, 1.82) is 0 Å². The van der Waals surface area contributed by atoms with Gasteiger partial charge in [-0.05, 0) is 50.2 Å². The third-order valence-electron chi connectivity index (χ3n) is 4.75. The van der Waals surface area contributed by atoms with Gasteiger partial charge in [0.25, 0.3) is 11.1 Å². The van der Waals surface area contributed by atoms with Gasteiger partial charge in [-0.3, -0.25) is 19.3 Å². The second kappa shape index (κ2) is 7.67. The SMILES string of the molecule is CCn1c(C)cc(C=C2SC(=O)N(CC(=O)N3CCOCC3)C2=O)c1C. The molecule has 3 amide bonds. The van der Waals surface area contributed by atoms with Crippen molar-refractivity contribution in [3.63, 3.8) is 0 Å². The van der Waals surface area contributed by atoms with Crippen molar-refractivity contribution in [2.24, 2.45) is 0 Å². The second-order valence-electron chi connectivity index (χ2n) is 6.33. The molecule has 3 rings (SSSR count). The predicted octanol–water partition coefficient (Wildman–Crippen LogP) is 2.02. The maximum atomic E-state index is 12.6. The van der Waals surface area contributed by atoms with E-state index in [1.165, 1.54) is 0 Å². The molecule has 0 N–H and O–H groups in total. The van der Waals surface area contributed by atoms with Crippen molar-refractivity contribution in [3.8, 4) is 0 Å². The molecule has 2 saturated heterocycles. The molecule has 2 aliphatic rings. The van der Waals surface area contributed by atoms with E-state index in [0.29, 0.717) is 31.2 Å². The molecular formula is C18H23N3O4S. The van der Waals surface area contributed by atoms with E-state index in [4.69, 9.17) is 4.74 Å². The molecule has 26 heavy (non-hydrogen) atoms. The number of thioether (sulfide) groups is 1. The minimum Gasteiger partial charge on any atom is -0.378 e. The number of aromatic nitrogens is 1. The first kappa shape index (κ1) is 18.7. The Hall–Kier alpha value is -2.06. The quantitative estimate of drug-likeness (QED) is 0.751. The number of amides is 3. The van der Waals surface area contributed by atoms with E-state index >= 15 is 0 Å². The van der Waals surface area contributed by atoms with Crippen LogP contribution in [0.4, 0.5) is 4.79 Å². The molecule has 8 heteroatoms. The van der Waals surface area contributed by atoms with Gasteiger partial charge < -0.3 is 14.2 Å². The smallest absolute Gasteiger partial charge is 0.294 e. The number of morpholine rings is 1. The van der Waals surface area contributed by atoms with Gasteiger partial charge >= 0.3 is 0 Å². The van der Waals surface area contributed by atoms with Crippen LogP contribution in [0.5, 0.6) is 0 Å². The van der Waals surface area contributed by atoms with E-state index in [9.17, 15) is 14.4 Å². The van der Waals surface area contributed by atoms with Gasteiger partial charge in [0.05, 0.1) is 18.1 Å². The van der Waals surface area contributed by atoms with Crippen LogP contribution in [0.25, 0.3) is 6.08 Å². The van der Waals surface area contributed by atoms with E-state index in [1.807, 2.05) is 19.9 Å². The van der Waals surface area contributed by atoms with Crippen LogP contribution in [0.3, 0.4) is 0 Å². The molecule has 140 valence electrons. The normalized spacial score (nSPS) is 19.7. The van der Waals surface area contributed by atoms with Crippen LogP contribution in [0.15, 0.2) is 11.0 Å². The molecule has 0 radical (unpaired) electrons. The van der Waals surface area contributed by atoms with Gasteiger partial charge in [0.2, 0.25) is 5.91 Å². The summed E-state index contributed by atoms with van der Waals surface area (Å²) in [7, 11) is 0. The summed E-state index contributed by atoms with van der Waals surface area (Å²) in [5.74, 6) is -0.621. The van der Waals surface area contributed by atoms with Crippen LogP contribution in [-0.2, 0) is 20.9 Å². The van der Waals surface area contributed by atoms with Gasteiger partial charge in [-0.15, -0.1) is 0 Å². The van der Waals surface area contributed by atoms with E-state index in [-0.39, 0.29) is 12.5 Å². The molecule has 3 heterocycles. The number of hydrogen-bond donors (Lipinski definition) is 0. The van der Waals surface area contributed by atoms with Crippen LogP contribution in [0, 0.1) is 13.8 Å². The van der Waals surface area contributed by atoms with Gasteiger partial charge in [-0.25, -0.2) is 0 Å². The lowest BCUT2D eigenvalue weighted by Crippen LogP contribution is -2.46. The summed E-state index contributed by atoms with van der Waals surface area (Å²) in [6.07, 6.45) is 1.75. The maximum Gasteiger partial charge on any atom is 0.294 e. The third-order valence-corrected chi connectivity index (χ3v) is 5.65. The van der Waals surface area contributed by atoms with Crippen molar-refractivity contribution in [2.75, 3.05) is 32.8 Å². The molecule has 0 aliphatic carbocycles. The number of carbonyl (C=O) groups excluding carboxylic acids is 3. The standard InChI is InChI=1S/C18H23N3O4S/c1-4-20-12(2)9-14(13(20)3)10-15-17(23)21(18(24)26-15)11-16(22)19-5-7-25-8-6-19/h9-10H,4-8,11H2,1-3H3. The summed E-state index contributed by atoms with van der Waals surface area (Å²) < 4.78 is 7.37. The number of nitrogens with zero attached hydrogens (tertiary/aromatic N) is 3. The van der Waals surface area contributed by atoms with E-state index < -0.39 is 11.1 Å². The fourth-order valence-corrected chi connectivity index (χ4v) is 4.12. The number of rotatable bonds is 4. The minimum absolute atomic E-state index is 0.212. The maximum absolute atomic E-state index is 12.6. The minimum atomic E-state index is -0.400. The Morgan fingerprint density at radius 1 is 1.27 bits per heavy atom. The fraction of sp³-hybridized carbons (Fsp3) is 0.500. The van der Waals surface area contributed by atoms with E-state index in [0.717, 1.165) is 40.2 Å². The summed E-state index contributed by atoms with van der Waals surface area (Å²) >= 11 is 0.891. The molecule has 0 bridgehead atoms. The predicted molar refractivity (Wildman–Crippen MR) is 99.7 cm³/mol. The zero-order chi connectivity index (χ0) is 18.8. The molecule has 1 aromatic rings. The number of hydrogen-bond acceptors (Lipinski definition) is 5. The largest absolute Gasteiger partial charge is 0.378 e. The van der Waals surface area contributed by atoms with Crippen molar-refractivity contribution < 1.29 is 19.1 Å². The van der Waals surface area contributed by atoms with Crippen LogP contribution in [0.2, 0.25) is 0 Å². The van der Waals surface area contributed by atoms with Crippen LogP contribution >= 0.6 is 11.8 Å². The molecular weight excluding hydrogens is 354 g/mol. The van der Waals surface area contributed by atoms with Gasteiger partial charge in [-0.2, -0.15) is 0 Å². The number of imide groups is 1. The zero-order valence-electron chi connectivity index (χ0n) is 15.3. The van der Waals surface area contributed by atoms with Gasteiger partial charge in [-0.1, -0.05) is 0 Å². The lowest BCUT2D eigenvalue weighted by Gasteiger charge is -2.28. The Kier molecular flexibility index (Phi) is 5.52. The summed E-state index contributed by atoms with van der Waals surface area (Å²) in [4.78, 5) is 40.2. The van der Waals surface area contributed by atoms with Crippen molar-refractivity contribution in [2.45, 2.75) is 27.3 Å². The first-order chi connectivity index (χ1) is 12.4. The Morgan fingerprint density at radius 2 is 1.96 bits per heavy atom. The molecule has 0 unspecified atom stereocenters. The molecule has 0 spiro atoms.